The molecule has 3 aromatic rings. The topological polar surface area (TPSA) is 43.1 Å². The minimum absolute atomic E-state index is 0.00989. The molecule has 4 nitrogen and oxygen atoms in total. The molecule has 0 aliphatic heterocycles. The van der Waals surface area contributed by atoms with E-state index in [1.165, 1.54) is 16.6 Å². The van der Waals surface area contributed by atoms with Crippen LogP contribution in [0, 0.1) is 25.5 Å². The van der Waals surface area contributed by atoms with Crippen LogP contribution < -0.4 is 0 Å². The summed E-state index contributed by atoms with van der Waals surface area (Å²) in [5.74, 6) is -1.82. The van der Waals surface area contributed by atoms with E-state index in [4.69, 9.17) is 11.6 Å². The molecule has 0 spiro atoms. The standard InChI is InChI=1S/C13H9ClF2N4/c1-6-7(2)12-17-18-13(20(12)19-11(6)14)8-4-3-5-9(15)10(8)16/h3-5H,1-2H3. The van der Waals surface area contributed by atoms with Gasteiger partial charge in [0.15, 0.2) is 28.3 Å². The SMILES string of the molecule is Cc1c(Cl)nn2c(-c3cccc(F)c3F)nnc2c1C. The predicted octanol–water partition coefficient (Wildman–Crippen LogP) is 3.34. The summed E-state index contributed by atoms with van der Waals surface area (Å²) in [4.78, 5) is 0. The van der Waals surface area contributed by atoms with Crippen molar-refractivity contribution in [1.82, 2.24) is 19.8 Å². The molecule has 3 rings (SSSR count). The first-order valence-corrected chi connectivity index (χ1v) is 6.21. The molecule has 7 heteroatoms. The Kier molecular flexibility index (Phi) is 2.90. The summed E-state index contributed by atoms with van der Waals surface area (Å²) in [5.41, 5.74) is 2.02. The Labute approximate surface area is 118 Å². The van der Waals surface area contributed by atoms with Gasteiger partial charge in [0.2, 0.25) is 0 Å². The first-order valence-electron chi connectivity index (χ1n) is 5.83. The van der Waals surface area contributed by atoms with Crippen molar-refractivity contribution in [3.05, 3.63) is 46.1 Å². The lowest BCUT2D eigenvalue weighted by atomic mass is 10.2. The number of hydrogen-bond acceptors (Lipinski definition) is 3. The third kappa shape index (κ3) is 1.76. The largest absolute Gasteiger partial charge is 0.204 e. The summed E-state index contributed by atoms with van der Waals surface area (Å²) in [6.07, 6.45) is 0. The van der Waals surface area contributed by atoms with Crippen LogP contribution >= 0.6 is 11.6 Å². The highest BCUT2D eigenvalue weighted by molar-refractivity contribution is 6.30. The first-order chi connectivity index (χ1) is 9.50. The molecule has 0 bridgehead atoms. The third-order valence-corrected chi connectivity index (χ3v) is 3.59. The van der Waals surface area contributed by atoms with Crippen molar-refractivity contribution in [2.24, 2.45) is 0 Å². The third-order valence-electron chi connectivity index (χ3n) is 3.23. The highest BCUT2D eigenvalue weighted by Crippen LogP contribution is 2.26. The molecule has 0 unspecified atom stereocenters. The maximum atomic E-state index is 13.9. The van der Waals surface area contributed by atoms with Crippen molar-refractivity contribution in [1.29, 1.82) is 0 Å². The van der Waals surface area contributed by atoms with Gasteiger partial charge in [0.25, 0.3) is 0 Å². The van der Waals surface area contributed by atoms with Crippen LogP contribution in [0.1, 0.15) is 11.1 Å². The van der Waals surface area contributed by atoms with Crippen LogP contribution in [0.4, 0.5) is 8.78 Å². The molecule has 0 radical (unpaired) electrons. The molecule has 0 atom stereocenters. The molecule has 0 amide bonds. The molecule has 0 fully saturated rings. The minimum atomic E-state index is -0.988. The molecule has 102 valence electrons. The highest BCUT2D eigenvalue weighted by atomic mass is 35.5. The van der Waals surface area contributed by atoms with Crippen molar-refractivity contribution >= 4 is 17.2 Å². The number of aromatic nitrogens is 4. The minimum Gasteiger partial charge on any atom is -0.204 e. The molecular formula is C13H9ClF2N4. The number of rotatable bonds is 1. The second-order valence-electron chi connectivity index (χ2n) is 4.40. The van der Waals surface area contributed by atoms with Crippen molar-refractivity contribution in [3.63, 3.8) is 0 Å². The Morgan fingerprint density at radius 1 is 1.10 bits per heavy atom. The van der Waals surface area contributed by atoms with E-state index in [-0.39, 0.29) is 16.5 Å². The fourth-order valence-electron chi connectivity index (χ4n) is 1.94. The normalized spacial score (nSPS) is 11.2. The number of hydrogen-bond donors (Lipinski definition) is 0. The van der Waals surface area contributed by atoms with E-state index in [1.807, 2.05) is 13.8 Å². The van der Waals surface area contributed by atoms with Gasteiger partial charge < -0.3 is 0 Å². The molecule has 20 heavy (non-hydrogen) atoms. The van der Waals surface area contributed by atoms with Crippen LogP contribution in [0.3, 0.4) is 0 Å². The van der Waals surface area contributed by atoms with Gasteiger partial charge >= 0.3 is 0 Å². The van der Waals surface area contributed by atoms with Gasteiger partial charge in [0.1, 0.15) is 0 Å². The lowest BCUT2D eigenvalue weighted by Crippen LogP contribution is -2.01. The Balaban J connectivity index is 2.36. The van der Waals surface area contributed by atoms with Gasteiger partial charge in [-0.3, -0.25) is 0 Å². The average molecular weight is 295 g/mol. The monoisotopic (exact) mass is 294 g/mol. The summed E-state index contributed by atoms with van der Waals surface area (Å²) in [6.45, 7) is 3.63. The quantitative estimate of drug-likeness (QED) is 0.691. The summed E-state index contributed by atoms with van der Waals surface area (Å²) < 4.78 is 28.5. The zero-order valence-corrected chi connectivity index (χ0v) is 11.4. The molecule has 0 N–H and O–H groups in total. The molecule has 2 aromatic heterocycles. The van der Waals surface area contributed by atoms with Crippen LogP contribution in [-0.4, -0.2) is 19.8 Å². The zero-order valence-electron chi connectivity index (χ0n) is 10.7. The van der Waals surface area contributed by atoms with Crippen molar-refractivity contribution in [2.75, 3.05) is 0 Å². The number of halogens is 3. The van der Waals surface area contributed by atoms with Gasteiger partial charge in [-0.25, -0.2) is 8.78 Å². The number of nitrogens with zero attached hydrogens (tertiary/aromatic N) is 4. The van der Waals surface area contributed by atoms with E-state index < -0.39 is 11.6 Å². The molecular weight excluding hydrogens is 286 g/mol. The molecule has 0 saturated carbocycles. The second-order valence-corrected chi connectivity index (χ2v) is 4.76. The van der Waals surface area contributed by atoms with Crippen molar-refractivity contribution in [2.45, 2.75) is 13.8 Å². The molecule has 0 saturated heterocycles. The van der Waals surface area contributed by atoms with Crippen LogP contribution in [0.25, 0.3) is 17.0 Å². The maximum absolute atomic E-state index is 13.9. The average Bonchev–Trinajstić information content (AvgIpc) is 2.83. The van der Waals surface area contributed by atoms with E-state index in [1.54, 1.807) is 0 Å². The fourth-order valence-corrected chi connectivity index (χ4v) is 2.16. The summed E-state index contributed by atoms with van der Waals surface area (Å²) in [6, 6.07) is 3.86. The summed E-state index contributed by atoms with van der Waals surface area (Å²) in [7, 11) is 0. The molecule has 0 aliphatic carbocycles. The second kappa shape index (κ2) is 4.49. The van der Waals surface area contributed by atoms with Crippen LogP contribution in [-0.2, 0) is 0 Å². The van der Waals surface area contributed by atoms with Crippen LogP contribution in [0.15, 0.2) is 18.2 Å². The van der Waals surface area contributed by atoms with E-state index in [0.29, 0.717) is 5.65 Å². The van der Waals surface area contributed by atoms with Crippen molar-refractivity contribution in [3.8, 4) is 11.4 Å². The van der Waals surface area contributed by atoms with Crippen molar-refractivity contribution < 1.29 is 8.78 Å². The summed E-state index contributed by atoms with van der Waals surface area (Å²) in [5, 5.41) is 12.2. The number of aryl methyl sites for hydroxylation is 1. The lowest BCUT2D eigenvalue weighted by Gasteiger charge is -2.05. The Bertz CT molecular complexity index is 829. The first kappa shape index (κ1) is 12.9. The molecule has 1 aromatic carbocycles. The van der Waals surface area contributed by atoms with Gasteiger partial charge in [0, 0.05) is 5.56 Å². The van der Waals surface area contributed by atoms with Crippen LogP contribution in [0.5, 0.6) is 0 Å². The smallest absolute Gasteiger partial charge is 0.188 e. The summed E-state index contributed by atoms with van der Waals surface area (Å²) >= 11 is 6.03. The maximum Gasteiger partial charge on any atom is 0.188 e. The van der Waals surface area contributed by atoms with E-state index >= 15 is 0 Å². The Hall–Kier alpha value is -2.08. The van der Waals surface area contributed by atoms with E-state index in [9.17, 15) is 8.78 Å². The lowest BCUT2D eigenvalue weighted by molar-refractivity contribution is 0.510. The molecule has 2 heterocycles. The Morgan fingerprint density at radius 3 is 2.60 bits per heavy atom. The van der Waals surface area contributed by atoms with E-state index in [0.717, 1.165) is 17.2 Å². The number of benzene rings is 1. The van der Waals surface area contributed by atoms with Gasteiger partial charge in [-0.2, -0.15) is 9.61 Å². The predicted molar refractivity (Wildman–Crippen MR) is 70.6 cm³/mol. The number of fused-ring (bicyclic) bond motifs is 1. The van der Waals surface area contributed by atoms with Gasteiger partial charge in [-0.05, 0) is 31.5 Å². The van der Waals surface area contributed by atoms with Crippen LogP contribution in [0.2, 0.25) is 5.15 Å². The van der Waals surface area contributed by atoms with Gasteiger partial charge in [0.05, 0.1) is 5.56 Å². The Morgan fingerprint density at radius 2 is 1.85 bits per heavy atom. The molecule has 0 aliphatic rings. The zero-order chi connectivity index (χ0) is 14.4. The van der Waals surface area contributed by atoms with Gasteiger partial charge in [-0.1, -0.05) is 17.7 Å². The fraction of sp³-hybridized carbons (Fsp3) is 0.154. The van der Waals surface area contributed by atoms with E-state index in [2.05, 4.69) is 15.3 Å². The van der Waals surface area contributed by atoms with Gasteiger partial charge in [-0.15, -0.1) is 10.2 Å². The highest BCUT2D eigenvalue weighted by Gasteiger charge is 2.18.